The van der Waals surface area contributed by atoms with E-state index in [9.17, 15) is 0 Å². The largest absolute Gasteiger partial charge is 0.292 e. The van der Waals surface area contributed by atoms with Crippen LogP contribution in [0.5, 0.6) is 0 Å². The molecule has 5 heterocycles. The van der Waals surface area contributed by atoms with Crippen LogP contribution in [0.3, 0.4) is 0 Å². The summed E-state index contributed by atoms with van der Waals surface area (Å²) in [6.07, 6.45) is 1.88. The van der Waals surface area contributed by atoms with Crippen LogP contribution in [0.1, 0.15) is 0 Å². The predicted molar refractivity (Wildman–Crippen MR) is 214 cm³/mol. The van der Waals surface area contributed by atoms with Gasteiger partial charge in [-0.25, -0.2) is 19.9 Å². The van der Waals surface area contributed by atoms with E-state index >= 15 is 0 Å². The third-order valence-corrected chi connectivity index (χ3v) is 12.1. The van der Waals surface area contributed by atoms with Gasteiger partial charge in [-0.1, -0.05) is 103 Å². The maximum Gasteiger partial charge on any atom is 0.165 e. The van der Waals surface area contributed by atoms with E-state index in [4.69, 9.17) is 19.9 Å². The van der Waals surface area contributed by atoms with Crippen molar-refractivity contribution in [3.05, 3.63) is 152 Å². The molecule has 0 N–H and O–H groups in total. The molecule has 238 valence electrons. The molecule has 5 aromatic heterocycles. The van der Waals surface area contributed by atoms with Crippen molar-refractivity contribution in [3.8, 4) is 39.9 Å². The van der Waals surface area contributed by atoms with Gasteiger partial charge in [0.05, 0.1) is 15.9 Å². The van der Waals surface area contributed by atoms with Gasteiger partial charge in [-0.15, -0.1) is 22.7 Å². The molecule has 0 aliphatic rings. The molecule has 7 heteroatoms. The Hall–Kier alpha value is -6.28. The first-order valence-corrected chi connectivity index (χ1v) is 18.4. The highest BCUT2D eigenvalue weighted by atomic mass is 32.1. The van der Waals surface area contributed by atoms with Crippen molar-refractivity contribution in [2.24, 2.45) is 0 Å². The first kappa shape index (κ1) is 28.5. The number of pyridine rings is 1. The molecule has 6 aromatic carbocycles. The second-order valence-corrected chi connectivity index (χ2v) is 14.7. The number of fused-ring (bicyclic) bond motifs is 9. The molecule has 0 aliphatic carbocycles. The predicted octanol–water partition coefficient (Wildman–Crippen LogP) is 12.1. The Morgan fingerprint density at radius 3 is 1.98 bits per heavy atom. The second kappa shape index (κ2) is 11.1. The lowest BCUT2D eigenvalue weighted by Gasteiger charge is -2.10. The van der Waals surface area contributed by atoms with Gasteiger partial charge in [0.1, 0.15) is 5.65 Å². The van der Waals surface area contributed by atoms with Gasteiger partial charge >= 0.3 is 0 Å². The van der Waals surface area contributed by atoms with Gasteiger partial charge in [0.25, 0.3) is 0 Å². The molecule has 0 radical (unpaired) electrons. The lowest BCUT2D eigenvalue weighted by Crippen LogP contribution is -2.00. The quantitative estimate of drug-likeness (QED) is 0.185. The normalized spacial score (nSPS) is 11.9. The lowest BCUT2D eigenvalue weighted by molar-refractivity contribution is 1.08. The van der Waals surface area contributed by atoms with E-state index in [2.05, 4.69) is 126 Å². The summed E-state index contributed by atoms with van der Waals surface area (Å²) in [7, 11) is 0. The van der Waals surface area contributed by atoms with Crippen molar-refractivity contribution in [2.45, 2.75) is 0 Å². The van der Waals surface area contributed by atoms with Crippen molar-refractivity contribution >= 4 is 85.0 Å². The van der Waals surface area contributed by atoms with Gasteiger partial charge in [0.2, 0.25) is 0 Å². The molecule has 0 spiro atoms. The Bertz CT molecular complexity index is 3100. The zero-order valence-electron chi connectivity index (χ0n) is 27.0. The molecule has 0 fully saturated rings. The maximum atomic E-state index is 5.28. The Labute approximate surface area is 299 Å². The molecule has 0 amide bonds. The van der Waals surface area contributed by atoms with E-state index in [1.165, 1.54) is 41.0 Å². The first-order chi connectivity index (χ1) is 25.3. The summed E-state index contributed by atoms with van der Waals surface area (Å²) in [6, 6.07) is 51.0. The Balaban J connectivity index is 1.18. The van der Waals surface area contributed by atoms with E-state index in [0.717, 1.165) is 43.6 Å². The Morgan fingerprint density at radius 2 is 1.08 bits per heavy atom. The minimum absolute atomic E-state index is 0.655. The highest BCUT2D eigenvalue weighted by Crippen LogP contribution is 2.44. The maximum absolute atomic E-state index is 5.28. The average molecular weight is 688 g/mol. The third-order valence-electron chi connectivity index (χ3n) is 9.73. The molecule has 51 heavy (non-hydrogen) atoms. The van der Waals surface area contributed by atoms with Gasteiger partial charge in [0, 0.05) is 69.3 Å². The summed E-state index contributed by atoms with van der Waals surface area (Å²) in [5.41, 5.74) is 6.16. The molecule has 0 unspecified atom stereocenters. The molecule has 11 rings (SSSR count). The highest BCUT2D eigenvalue weighted by Gasteiger charge is 2.21. The van der Waals surface area contributed by atoms with Crippen LogP contribution in [-0.2, 0) is 0 Å². The molecule has 0 saturated heterocycles. The van der Waals surface area contributed by atoms with E-state index < -0.39 is 0 Å². The molecular formula is C44H25N5S2. The summed E-state index contributed by atoms with van der Waals surface area (Å²) in [6.45, 7) is 0. The minimum Gasteiger partial charge on any atom is -0.292 e. The summed E-state index contributed by atoms with van der Waals surface area (Å²) in [4.78, 5) is 20.5. The van der Waals surface area contributed by atoms with Crippen molar-refractivity contribution < 1.29 is 0 Å². The fraction of sp³-hybridized carbons (Fsp3) is 0. The van der Waals surface area contributed by atoms with Crippen LogP contribution in [0, 0.1) is 0 Å². The lowest BCUT2D eigenvalue weighted by atomic mass is 10.0. The van der Waals surface area contributed by atoms with Crippen LogP contribution in [0.4, 0.5) is 0 Å². The van der Waals surface area contributed by atoms with Crippen LogP contribution in [0.2, 0.25) is 0 Å². The molecule has 0 aliphatic heterocycles. The zero-order valence-corrected chi connectivity index (χ0v) is 28.6. The number of nitrogens with zero attached hydrogens (tertiary/aromatic N) is 5. The average Bonchev–Trinajstić information content (AvgIpc) is 3.88. The van der Waals surface area contributed by atoms with E-state index in [1.54, 1.807) is 22.7 Å². The topological polar surface area (TPSA) is 56.5 Å². The van der Waals surface area contributed by atoms with E-state index in [-0.39, 0.29) is 0 Å². The number of thiophene rings is 2. The van der Waals surface area contributed by atoms with Gasteiger partial charge in [0.15, 0.2) is 17.5 Å². The van der Waals surface area contributed by atoms with Gasteiger partial charge in [-0.05, 0) is 42.5 Å². The monoisotopic (exact) mass is 687 g/mol. The van der Waals surface area contributed by atoms with Gasteiger partial charge in [-0.2, -0.15) is 0 Å². The molecule has 11 aromatic rings. The first-order valence-electron chi connectivity index (χ1n) is 16.8. The minimum atomic E-state index is 0.655. The van der Waals surface area contributed by atoms with Crippen LogP contribution in [-0.4, -0.2) is 24.5 Å². The number of para-hydroxylation sites is 1. The van der Waals surface area contributed by atoms with Gasteiger partial charge in [-0.3, -0.25) is 4.57 Å². The van der Waals surface area contributed by atoms with Crippen LogP contribution >= 0.6 is 22.7 Å². The van der Waals surface area contributed by atoms with Crippen molar-refractivity contribution in [2.75, 3.05) is 0 Å². The summed E-state index contributed by atoms with van der Waals surface area (Å²) in [5, 5.41) is 7.11. The fourth-order valence-corrected chi connectivity index (χ4v) is 9.94. The van der Waals surface area contributed by atoms with E-state index in [0.29, 0.717) is 17.5 Å². The standard InChI is InChI=1S/C44H25N5S2/c1-2-12-26(13-3-1)41-46-42(32-18-10-24-37-38(32)31-15-5-7-23-36(31)50-37)48-43(47-41)33-19-8-16-28-29-17-9-22-35(40(29)51-39(28)33)49-34-21-6-4-14-27(34)30-20-11-25-45-44(30)49/h1-25H. The summed E-state index contributed by atoms with van der Waals surface area (Å²) in [5.74, 6) is 1.98. The Morgan fingerprint density at radius 1 is 0.431 bits per heavy atom. The van der Waals surface area contributed by atoms with Crippen LogP contribution < -0.4 is 0 Å². The summed E-state index contributed by atoms with van der Waals surface area (Å²) >= 11 is 3.59. The number of aromatic nitrogens is 5. The molecule has 0 saturated carbocycles. The zero-order chi connectivity index (χ0) is 33.5. The molecule has 0 bridgehead atoms. The van der Waals surface area contributed by atoms with Crippen LogP contribution in [0.15, 0.2) is 152 Å². The van der Waals surface area contributed by atoms with Crippen molar-refractivity contribution in [1.82, 2.24) is 24.5 Å². The number of hydrogen-bond acceptors (Lipinski definition) is 6. The highest BCUT2D eigenvalue weighted by molar-refractivity contribution is 7.27. The number of rotatable bonds is 4. The SMILES string of the molecule is c1ccc(-c2nc(-c3cccc4c3sc3c(-n5c6ccccc6c6cccnc65)cccc34)nc(-c3cccc4sc5ccccc5c34)n2)cc1. The van der Waals surface area contributed by atoms with E-state index in [1.807, 2.05) is 30.5 Å². The molecular weight excluding hydrogens is 663 g/mol. The fourth-order valence-electron chi connectivity index (χ4n) is 7.49. The second-order valence-electron chi connectivity index (χ2n) is 12.6. The third kappa shape index (κ3) is 4.32. The van der Waals surface area contributed by atoms with Gasteiger partial charge < -0.3 is 0 Å². The number of benzene rings is 6. The van der Waals surface area contributed by atoms with Crippen molar-refractivity contribution in [3.63, 3.8) is 0 Å². The molecule has 5 nitrogen and oxygen atoms in total. The number of hydrogen-bond donors (Lipinski definition) is 0. The summed E-state index contributed by atoms with van der Waals surface area (Å²) < 4.78 is 7.12. The molecule has 0 atom stereocenters. The smallest absolute Gasteiger partial charge is 0.165 e. The van der Waals surface area contributed by atoms with Crippen LogP contribution in [0.25, 0.3) is 102 Å². The van der Waals surface area contributed by atoms with Crippen molar-refractivity contribution in [1.29, 1.82) is 0 Å². The Kier molecular flexibility index (Phi) is 6.22.